The lowest BCUT2D eigenvalue weighted by Crippen LogP contribution is -1.86. The topological polar surface area (TPSA) is 56.2 Å². The molecule has 1 heterocycles. The van der Waals surface area contributed by atoms with Crippen LogP contribution < -0.4 is 0 Å². The Kier molecular flexibility index (Phi) is 12.0. The molecule has 0 radical (unpaired) electrons. The SMILES string of the molecule is CCCCCCCCCCCC=C(CCCCC)c1cc(O)[nH]c1O. The summed E-state index contributed by atoms with van der Waals surface area (Å²) in [6.45, 7) is 4.46. The van der Waals surface area contributed by atoms with E-state index < -0.39 is 0 Å². The summed E-state index contributed by atoms with van der Waals surface area (Å²) in [5, 5.41) is 19.5. The molecule has 0 saturated heterocycles. The Morgan fingerprint density at radius 2 is 1.40 bits per heavy atom. The van der Waals surface area contributed by atoms with E-state index in [0.29, 0.717) is 0 Å². The first-order chi connectivity index (χ1) is 12.2. The molecule has 1 aromatic rings. The Bertz CT molecular complexity index is 476. The fourth-order valence-electron chi connectivity index (χ4n) is 3.32. The van der Waals surface area contributed by atoms with Crippen LogP contribution >= 0.6 is 0 Å². The molecule has 0 spiro atoms. The van der Waals surface area contributed by atoms with Crippen molar-refractivity contribution < 1.29 is 10.2 Å². The highest BCUT2D eigenvalue weighted by atomic mass is 16.3. The number of unbranched alkanes of at least 4 members (excludes halogenated alkanes) is 11. The zero-order valence-corrected chi connectivity index (χ0v) is 16.4. The molecule has 3 heteroatoms. The Morgan fingerprint density at radius 3 is 1.96 bits per heavy atom. The Labute approximate surface area is 154 Å². The molecule has 3 N–H and O–H groups in total. The number of aromatic nitrogens is 1. The van der Waals surface area contributed by atoms with Crippen LogP contribution in [0.5, 0.6) is 11.8 Å². The van der Waals surface area contributed by atoms with Crippen molar-refractivity contribution in [1.82, 2.24) is 4.98 Å². The normalized spacial score (nSPS) is 12.0. The van der Waals surface area contributed by atoms with E-state index in [4.69, 9.17) is 0 Å². The van der Waals surface area contributed by atoms with Crippen LogP contribution in [0, 0.1) is 0 Å². The van der Waals surface area contributed by atoms with Crippen LogP contribution in [-0.2, 0) is 0 Å². The van der Waals surface area contributed by atoms with Crippen LogP contribution in [-0.4, -0.2) is 15.2 Å². The Hall–Kier alpha value is -1.38. The van der Waals surface area contributed by atoms with Crippen molar-refractivity contribution in [3.8, 4) is 11.8 Å². The van der Waals surface area contributed by atoms with Crippen LogP contribution in [0.15, 0.2) is 12.1 Å². The van der Waals surface area contributed by atoms with E-state index >= 15 is 0 Å². The first kappa shape index (κ1) is 21.7. The van der Waals surface area contributed by atoms with Crippen LogP contribution in [0.4, 0.5) is 0 Å². The molecule has 0 aromatic carbocycles. The zero-order valence-electron chi connectivity index (χ0n) is 16.4. The molecule has 0 aliphatic rings. The average molecular weight is 350 g/mol. The average Bonchev–Trinajstić information content (AvgIpc) is 2.93. The summed E-state index contributed by atoms with van der Waals surface area (Å²) < 4.78 is 0. The summed E-state index contributed by atoms with van der Waals surface area (Å²) in [4.78, 5) is 2.59. The van der Waals surface area contributed by atoms with E-state index in [1.54, 1.807) is 6.07 Å². The van der Waals surface area contributed by atoms with Gasteiger partial charge in [0.1, 0.15) is 0 Å². The lowest BCUT2D eigenvalue weighted by Gasteiger charge is -2.07. The lowest BCUT2D eigenvalue weighted by atomic mass is 9.99. The third-order valence-corrected chi connectivity index (χ3v) is 4.88. The smallest absolute Gasteiger partial charge is 0.198 e. The summed E-state index contributed by atoms with van der Waals surface area (Å²) in [5.41, 5.74) is 1.94. The van der Waals surface area contributed by atoms with Gasteiger partial charge in [-0.2, -0.15) is 0 Å². The van der Waals surface area contributed by atoms with Crippen molar-refractivity contribution in [3.05, 3.63) is 17.7 Å². The van der Waals surface area contributed by atoms with E-state index in [1.807, 2.05) is 0 Å². The molecule has 1 aromatic heterocycles. The van der Waals surface area contributed by atoms with Gasteiger partial charge in [0.05, 0.1) is 0 Å². The first-order valence-corrected chi connectivity index (χ1v) is 10.5. The molecule has 0 atom stereocenters. The zero-order chi connectivity index (χ0) is 18.3. The Morgan fingerprint density at radius 1 is 0.840 bits per heavy atom. The summed E-state index contributed by atoms with van der Waals surface area (Å²) in [5.74, 6) is 0.129. The fraction of sp³-hybridized carbons (Fsp3) is 0.727. The van der Waals surface area contributed by atoms with E-state index in [1.165, 1.54) is 76.2 Å². The minimum Gasteiger partial charge on any atom is -0.494 e. The summed E-state index contributed by atoms with van der Waals surface area (Å²) in [6, 6.07) is 1.64. The molecule has 0 aliphatic heterocycles. The minimum absolute atomic E-state index is 0.0389. The van der Waals surface area contributed by atoms with E-state index in [9.17, 15) is 10.2 Å². The number of nitrogens with one attached hydrogen (secondary N) is 1. The van der Waals surface area contributed by atoms with E-state index in [0.717, 1.165) is 24.8 Å². The van der Waals surface area contributed by atoms with E-state index in [2.05, 4.69) is 24.9 Å². The van der Waals surface area contributed by atoms with Crippen molar-refractivity contribution in [1.29, 1.82) is 0 Å². The highest BCUT2D eigenvalue weighted by Gasteiger charge is 2.11. The number of H-pyrrole nitrogens is 1. The first-order valence-electron chi connectivity index (χ1n) is 10.5. The van der Waals surface area contributed by atoms with Gasteiger partial charge >= 0.3 is 0 Å². The molecule has 0 aliphatic carbocycles. The van der Waals surface area contributed by atoms with E-state index in [-0.39, 0.29) is 11.8 Å². The maximum Gasteiger partial charge on any atom is 0.198 e. The predicted octanol–water partition coefficient (Wildman–Crippen LogP) is 7.31. The molecule has 0 amide bonds. The van der Waals surface area contributed by atoms with Gasteiger partial charge in [0.15, 0.2) is 11.8 Å². The van der Waals surface area contributed by atoms with Gasteiger partial charge in [0.2, 0.25) is 0 Å². The highest BCUT2D eigenvalue weighted by Crippen LogP contribution is 2.32. The van der Waals surface area contributed by atoms with Crippen molar-refractivity contribution in [2.45, 2.75) is 104 Å². The number of hydrogen-bond donors (Lipinski definition) is 3. The molecule has 25 heavy (non-hydrogen) atoms. The van der Waals surface area contributed by atoms with Crippen molar-refractivity contribution in [3.63, 3.8) is 0 Å². The van der Waals surface area contributed by atoms with Crippen LogP contribution in [0.3, 0.4) is 0 Å². The maximum atomic E-state index is 9.96. The van der Waals surface area contributed by atoms with Crippen molar-refractivity contribution in [2.24, 2.45) is 0 Å². The number of hydrogen-bond acceptors (Lipinski definition) is 2. The van der Waals surface area contributed by atoms with Gasteiger partial charge < -0.3 is 10.2 Å². The summed E-state index contributed by atoms with van der Waals surface area (Å²) in [7, 11) is 0. The molecule has 0 fully saturated rings. The largest absolute Gasteiger partial charge is 0.494 e. The van der Waals surface area contributed by atoms with Gasteiger partial charge in [-0.05, 0) is 31.3 Å². The molecule has 0 bridgehead atoms. The summed E-state index contributed by atoms with van der Waals surface area (Å²) in [6.07, 6.45) is 19.9. The summed E-state index contributed by atoms with van der Waals surface area (Å²) >= 11 is 0. The minimum atomic E-state index is 0.0389. The van der Waals surface area contributed by atoms with Gasteiger partial charge in [0, 0.05) is 11.6 Å². The molecule has 0 unspecified atom stereocenters. The monoisotopic (exact) mass is 349 g/mol. The van der Waals surface area contributed by atoms with Crippen molar-refractivity contribution in [2.75, 3.05) is 0 Å². The predicted molar refractivity (Wildman–Crippen MR) is 108 cm³/mol. The number of aromatic hydroxyl groups is 2. The standard InChI is InChI=1S/C22H39NO2/c1-3-5-7-8-9-10-11-12-13-15-17-19(16-14-6-4-2)20-18-21(24)23-22(20)25/h17-18,23-25H,3-16H2,1-2H3. The van der Waals surface area contributed by atoms with Gasteiger partial charge in [-0.1, -0.05) is 84.1 Å². The third kappa shape index (κ3) is 9.62. The van der Waals surface area contributed by atoms with Crippen molar-refractivity contribution >= 4 is 5.57 Å². The number of rotatable bonds is 15. The maximum absolute atomic E-state index is 9.96. The third-order valence-electron chi connectivity index (χ3n) is 4.88. The number of aromatic amines is 1. The molecular formula is C22H39NO2. The molecule has 0 saturated carbocycles. The second kappa shape index (κ2) is 13.9. The fourth-order valence-corrected chi connectivity index (χ4v) is 3.32. The molecule has 1 rings (SSSR count). The molecule has 144 valence electrons. The van der Waals surface area contributed by atoms with Gasteiger partial charge in [-0.25, -0.2) is 0 Å². The Balaban J connectivity index is 2.31. The quantitative estimate of drug-likeness (QED) is 0.291. The highest BCUT2D eigenvalue weighted by molar-refractivity contribution is 5.70. The molecular weight excluding hydrogens is 310 g/mol. The lowest BCUT2D eigenvalue weighted by molar-refractivity contribution is 0.424. The van der Waals surface area contributed by atoms with Crippen LogP contribution in [0.25, 0.3) is 5.57 Å². The van der Waals surface area contributed by atoms with Crippen LogP contribution in [0.2, 0.25) is 0 Å². The van der Waals surface area contributed by atoms with Gasteiger partial charge in [-0.3, -0.25) is 4.98 Å². The van der Waals surface area contributed by atoms with Crippen LogP contribution in [0.1, 0.15) is 109 Å². The second-order valence-electron chi connectivity index (χ2n) is 7.22. The van der Waals surface area contributed by atoms with Gasteiger partial charge in [0.25, 0.3) is 0 Å². The van der Waals surface area contributed by atoms with Gasteiger partial charge in [-0.15, -0.1) is 0 Å². The molecule has 3 nitrogen and oxygen atoms in total. The number of allylic oxidation sites excluding steroid dienone is 2. The second-order valence-corrected chi connectivity index (χ2v) is 7.22.